The quantitative estimate of drug-likeness (QED) is 0.905. The Morgan fingerprint density at radius 1 is 1.29 bits per heavy atom. The van der Waals surface area contributed by atoms with Crippen LogP contribution in [0.4, 0.5) is 10.1 Å². The van der Waals surface area contributed by atoms with Gasteiger partial charge in [-0.05, 0) is 37.0 Å². The van der Waals surface area contributed by atoms with Crippen LogP contribution in [0.25, 0.3) is 0 Å². The van der Waals surface area contributed by atoms with Gasteiger partial charge in [-0.15, -0.1) is 0 Å². The van der Waals surface area contributed by atoms with Crippen molar-refractivity contribution in [2.75, 3.05) is 12.3 Å². The fourth-order valence-electron chi connectivity index (χ4n) is 1.76. The molecule has 1 aromatic heterocycles. The second-order valence-electron chi connectivity index (χ2n) is 4.95. The molecule has 2 aromatic rings. The van der Waals surface area contributed by atoms with Crippen LogP contribution in [-0.4, -0.2) is 11.6 Å². The second kappa shape index (κ2) is 5.77. The van der Waals surface area contributed by atoms with Crippen molar-refractivity contribution < 1.29 is 13.9 Å². The predicted octanol–water partition coefficient (Wildman–Crippen LogP) is 4.04. The summed E-state index contributed by atoms with van der Waals surface area (Å²) in [6.07, 6.45) is 2.34. The van der Waals surface area contributed by atoms with E-state index < -0.39 is 5.82 Å². The Morgan fingerprint density at radius 3 is 2.86 bits per heavy atom. The number of rotatable bonds is 5. The molecule has 0 aliphatic heterocycles. The summed E-state index contributed by atoms with van der Waals surface area (Å²) in [6, 6.07) is 7.70. The van der Waals surface area contributed by atoms with Crippen LogP contribution in [-0.2, 0) is 0 Å². The van der Waals surface area contributed by atoms with Gasteiger partial charge in [0, 0.05) is 6.07 Å². The molecule has 2 N–H and O–H groups in total. The van der Waals surface area contributed by atoms with Crippen LogP contribution in [0.15, 0.2) is 30.3 Å². The summed E-state index contributed by atoms with van der Waals surface area (Å²) in [5, 5.41) is -0.00634. The highest BCUT2D eigenvalue weighted by molar-refractivity contribution is 6.30. The van der Waals surface area contributed by atoms with E-state index in [1.165, 1.54) is 25.0 Å². The van der Waals surface area contributed by atoms with Gasteiger partial charge in [0.05, 0.1) is 17.3 Å². The van der Waals surface area contributed by atoms with Crippen LogP contribution < -0.4 is 15.2 Å². The third-order valence-electron chi connectivity index (χ3n) is 3.15. The molecule has 0 atom stereocenters. The maximum absolute atomic E-state index is 13.8. The number of ether oxygens (including phenoxy) is 2. The minimum absolute atomic E-state index is 0.00634. The van der Waals surface area contributed by atoms with Crippen LogP contribution in [0, 0.1) is 11.7 Å². The zero-order valence-electron chi connectivity index (χ0n) is 11.2. The first kappa shape index (κ1) is 13.9. The number of nitrogen functional groups attached to an aromatic ring is 1. The molecule has 6 heteroatoms. The fraction of sp³-hybridized carbons (Fsp3) is 0.267. The summed E-state index contributed by atoms with van der Waals surface area (Å²) in [5.74, 6) is 0.477. The molecule has 1 heterocycles. The van der Waals surface area contributed by atoms with E-state index >= 15 is 0 Å². The van der Waals surface area contributed by atoms with Gasteiger partial charge >= 0.3 is 0 Å². The van der Waals surface area contributed by atoms with Crippen molar-refractivity contribution in [1.82, 2.24) is 4.98 Å². The van der Waals surface area contributed by atoms with Crippen LogP contribution in [0.1, 0.15) is 12.8 Å². The van der Waals surface area contributed by atoms with Gasteiger partial charge in [-0.25, -0.2) is 4.39 Å². The van der Waals surface area contributed by atoms with Gasteiger partial charge < -0.3 is 15.2 Å². The summed E-state index contributed by atoms with van der Waals surface area (Å²) in [4.78, 5) is 4.16. The summed E-state index contributed by atoms with van der Waals surface area (Å²) in [7, 11) is 0. The standard InChI is InChI=1S/C15H14ClFN2O2/c16-10-2-1-3-12(14(10)17)21-13-7-6-11(18)15(19-13)20-8-9-4-5-9/h1-3,6-7,9H,4-5,8,18H2. The van der Waals surface area contributed by atoms with Gasteiger partial charge in [-0.3, -0.25) is 0 Å². The molecule has 1 aromatic carbocycles. The highest BCUT2D eigenvalue weighted by Gasteiger charge is 2.22. The predicted molar refractivity (Wildman–Crippen MR) is 78.4 cm³/mol. The number of nitrogens with two attached hydrogens (primary N) is 1. The first-order chi connectivity index (χ1) is 10.1. The number of pyridine rings is 1. The van der Waals surface area contributed by atoms with Crippen LogP contribution in [0.5, 0.6) is 17.5 Å². The van der Waals surface area contributed by atoms with Crippen molar-refractivity contribution >= 4 is 17.3 Å². The molecule has 0 amide bonds. The molecule has 21 heavy (non-hydrogen) atoms. The Bertz CT molecular complexity index is 662. The number of hydrogen-bond donors (Lipinski definition) is 1. The van der Waals surface area contributed by atoms with Crippen LogP contribution in [0.2, 0.25) is 5.02 Å². The fourth-order valence-corrected chi connectivity index (χ4v) is 1.93. The average Bonchev–Trinajstić information content (AvgIpc) is 3.28. The largest absolute Gasteiger partial charge is 0.476 e. The summed E-state index contributed by atoms with van der Waals surface area (Å²) >= 11 is 5.71. The molecule has 0 saturated heterocycles. The first-order valence-electron chi connectivity index (χ1n) is 6.64. The number of hydrogen-bond acceptors (Lipinski definition) is 4. The van der Waals surface area contributed by atoms with Gasteiger partial charge in [-0.1, -0.05) is 17.7 Å². The number of halogens is 2. The molecule has 1 saturated carbocycles. The summed E-state index contributed by atoms with van der Waals surface area (Å²) in [6.45, 7) is 0.589. The van der Waals surface area contributed by atoms with Crippen LogP contribution >= 0.6 is 11.6 Å². The minimum atomic E-state index is -0.627. The average molecular weight is 309 g/mol. The van der Waals surface area contributed by atoms with E-state index in [9.17, 15) is 4.39 Å². The van der Waals surface area contributed by atoms with Gasteiger partial charge in [0.1, 0.15) is 0 Å². The lowest BCUT2D eigenvalue weighted by Gasteiger charge is -2.10. The highest BCUT2D eigenvalue weighted by Crippen LogP contribution is 2.32. The van der Waals surface area contributed by atoms with Crippen molar-refractivity contribution in [2.45, 2.75) is 12.8 Å². The molecule has 1 aliphatic carbocycles. The second-order valence-corrected chi connectivity index (χ2v) is 5.36. The van der Waals surface area contributed by atoms with E-state index in [-0.39, 0.29) is 16.7 Å². The third kappa shape index (κ3) is 3.36. The molecule has 0 spiro atoms. The Balaban J connectivity index is 1.78. The van der Waals surface area contributed by atoms with Gasteiger partial charge in [0.25, 0.3) is 0 Å². The molecular formula is C15H14ClFN2O2. The van der Waals surface area contributed by atoms with Gasteiger partial charge in [-0.2, -0.15) is 4.98 Å². The zero-order valence-corrected chi connectivity index (χ0v) is 11.9. The lowest BCUT2D eigenvalue weighted by Crippen LogP contribution is -2.04. The van der Waals surface area contributed by atoms with Crippen molar-refractivity contribution in [1.29, 1.82) is 0 Å². The normalized spacial score (nSPS) is 14.0. The number of benzene rings is 1. The lowest BCUT2D eigenvalue weighted by molar-refractivity contribution is 0.286. The SMILES string of the molecule is Nc1ccc(Oc2cccc(Cl)c2F)nc1OCC1CC1. The topological polar surface area (TPSA) is 57.4 Å². The molecule has 0 radical (unpaired) electrons. The smallest absolute Gasteiger partial charge is 0.240 e. The zero-order chi connectivity index (χ0) is 14.8. The molecule has 1 fully saturated rings. The monoisotopic (exact) mass is 308 g/mol. The number of nitrogens with zero attached hydrogens (tertiary/aromatic N) is 1. The Labute approximate surface area is 126 Å². The first-order valence-corrected chi connectivity index (χ1v) is 7.02. The van der Waals surface area contributed by atoms with E-state index in [1.807, 2.05) is 0 Å². The Kier molecular flexibility index (Phi) is 3.84. The van der Waals surface area contributed by atoms with Crippen LogP contribution in [0.3, 0.4) is 0 Å². The van der Waals surface area contributed by atoms with E-state index in [0.717, 1.165) is 0 Å². The van der Waals surface area contributed by atoms with Crippen molar-refractivity contribution in [3.8, 4) is 17.5 Å². The molecule has 0 unspecified atom stereocenters. The van der Waals surface area contributed by atoms with Gasteiger partial charge in [0.15, 0.2) is 11.6 Å². The molecule has 1 aliphatic rings. The van der Waals surface area contributed by atoms with E-state index in [0.29, 0.717) is 24.1 Å². The van der Waals surface area contributed by atoms with Crippen molar-refractivity contribution in [2.24, 2.45) is 5.92 Å². The summed E-state index contributed by atoms with van der Waals surface area (Å²) < 4.78 is 24.7. The summed E-state index contributed by atoms with van der Waals surface area (Å²) in [5.41, 5.74) is 6.23. The van der Waals surface area contributed by atoms with E-state index in [1.54, 1.807) is 18.2 Å². The number of aromatic nitrogens is 1. The molecule has 4 nitrogen and oxygen atoms in total. The minimum Gasteiger partial charge on any atom is -0.476 e. The number of anilines is 1. The van der Waals surface area contributed by atoms with E-state index in [4.69, 9.17) is 26.8 Å². The van der Waals surface area contributed by atoms with E-state index in [2.05, 4.69) is 4.98 Å². The van der Waals surface area contributed by atoms with Crippen molar-refractivity contribution in [3.63, 3.8) is 0 Å². The maximum atomic E-state index is 13.8. The third-order valence-corrected chi connectivity index (χ3v) is 3.44. The Morgan fingerprint density at radius 2 is 2.10 bits per heavy atom. The van der Waals surface area contributed by atoms with Crippen molar-refractivity contribution in [3.05, 3.63) is 41.2 Å². The molecule has 0 bridgehead atoms. The van der Waals surface area contributed by atoms with Gasteiger partial charge in [0.2, 0.25) is 11.8 Å². The lowest BCUT2D eigenvalue weighted by atomic mass is 10.3. The maximum Gasteiger partial charge on any atom is 0.240 e. The highest BCUT2D eigenvalue weighted by atomic mass is 35.5. The molecule has 3 rings (SSSR count). The Hall–Kier alpha value is -2.01. The molecule has 110 valence electrons. The molecular weight excluding hydrogens is 295 g/mol.